The highest BCUT2D eigenvalue weighted by molar-refractivity contribution is 5.78. The highest BCUT2D eigenvalue weighted by Crippen LogP contribution is 2.35. The van der Waals surface area contributed by atoms with Crippen molar-refractivity contribution >= 4 is 5.97 Å². The first kappa shape index (κ1) is 13.7. The van der Waals surface area contributed by atoms with E-state index in [4.69, 9.17) is 0 Å². The molecule has 1 rings (SSSR count). The highest BCUT2D eigenvalue weighted by Gasteiger charge is 2.42. The van der Waals surface area contributed by atoms with Crippen molar-refractivity contribution in [2.45, 2.75) is 44.6 Å². The quantitative estimate of drug-likeness (QED) is 0.798. The van der Waals surface area contributed by atoms with Crippen molar-refractivity contribution in [1.29, 1.82) is 0 Å². The molecule has 0 aliphatic rings. The Bertz CT molecular complexity index is 361. The normalized spacial score (nSPS) is 16.2. The molecule has 2 atom stereocenters. The first-order valence-corrected chi connectivity index (χ1v) is 6.07. The fourth-order valence-electron chi connectivity index (χ4n) is 2.35. The van der Waals surface area contributed by atoms with Crippen molar-refractivity contribution in [3.8, 4) is 0 Å². The van der Waals surface area contributed by atoms with Crippen molar-refractivity contribution in [3.63, 3.8) is 0 Å². The molecule has 0 spiro atoms. The average Bonchev–Trinajstić information content (AvgIpc) is 2.31. The van der Waals surface area contributed by atoms with Crippen LogP contribution in [0.25, 0.3) is 0 Å². The van der Waals surface area contributed by atoms with E-state index in [2.05, 4.69) is 0 Å². The molecule has 0 radical (unpaired) electrons. The van der Waals surface area contributed by atoms with Crippen LogP contribution in [0.5, 0.6) is 0 Å². The molecule has 1 aromatic rings. The van der Waals surface area contributed by atoms with Crippen LogP contribution in [0.15, 0.2) is 30.3 Å². The number of benzene rings is 1. The minimum Gasteiger partial charge on any atom is -0.479 e. The predicted octanol–water partition coefficient (Wildman–Crippen LogP) is 2.80. The Morgan fingerprint density at radius 2 is 1.88 bits per heavy atom. The molecular weight excluding hydrogens is 216 g/mol. The first-order chi connectivity index (χ1) is 8.06. The molecule has 0 bridgehead atoms. The lowest BCUT2D eigenvalue weighted by atomic mass is 9.77. The monoisotopic (exact) mass is 236 g/mol. The van der Waals surface area contributed by atoms with Gasteiger partial charge in [-0.1, -0.05) is 50.6 Å². The van der Waals surface area contributed by atoms with Crippen LogP contribution in [-0.2, 0) is 4.79 Å². The maximum atomic E-state index is 11.3. The number of hydrogen-bond donors (Lipinski definition) is 2. The summed E-state index contributed by atoms with van der Waals surface area (Å²) in [6.07, 6.45) is 1.52. The smallest absolute Gasteiger partial charge is 0.336 e. The van der Waals surface area contributed by atoms with Crippen LogP contribution in [0.1, 0.15) is 44.6 Å². The van der Waals surface area contributed by atoms with Gasteiger partial charge in [-0.3, -0.25) is 0 Å². The van der Waals surface area contributed by atoms with Gasteiger partial charge in [0.25, 0.3) is 0 Å². The first-order valence-electron chi connectivity index (χ1n) is 6.07. The molecule has 94 valence electrons. The van der Waals surface area contributed by atoms with E-state index in [9.17, 15) is 15.0 Å². The molecule has 2 N–H and O–H groups in total. The van der Waals surface area contributed by atoms with Gasteiger partial charge in [-0.25, -0.2) is 4.79 Å². The largest absolute Gasteiger partial charge is 0.479 e. The Labute approximate surface area is 102 Å². The van der Waals surface area contributed by atoms with E-state index >= 15 is 0 Å². The Morgan fingerprint density at radius 1 is 1.29 bits per heavy atom. The second kappa shape index (κ2) is 5.82. The molecule has 0 aromatic heterocycles. The zero-order valence-corrected chi connectivity index (χ0v) is 10.4. The van der Waals surface area contributed by atoms with Gasteiger partial charge in [0.05, 0.1) is 0 Å². The highest BCUT2D eigenvalue weighted by atomic mass is 16.4. The van der Waals surface area contributed by atoms with E-state index in [-0.39, 0.29) is 12.3 Å². The molecule has 0 saturated carbocycles. The van der Waals surface area contributed by atoms with Gasteiger partial charge in [0, 0.05) is 5.92 Å². The molecular formula is C14H20O3. The van der Waals surface area contributed by atoms with Crippen molar-refractivity contribution in [2.24, 2.45) is 0 Å². The number of aliphatic hydroxyl groups is 1. The fourth-order valence-corrected chi connectivity index (χ4v) is 2.35. The molecule has 0 aliphatic heterocycles. The van der Waals surface area contributed by atoms with Crippen LogP contribution < -0.4 is 0 Å². The SMILES string of the molecule is CCCC(O)(C(=O)O)C(CC)c1ccccc1. The van der Waals surface area contributed by atoms with Crippen LogP contribution >= 0.6 is 0 Å². The van der Waals surface area contributed by atoms with Gasteiger partial charge in [-0.2, -0.15) is 0 Å². The molecule has 3 nitrogen and oxygen atoms in total. The Morgan fingerprint density at radius 3 is 2.29 bits per heavy atom. The maximum absolute atomic E-state index is 11.3. The lowest BCUT2D eigenvalue weighted by Gasteiger charge is -2.32. The minimum atomic E-state index is -1.66. The number of carbonyl (C=O) groups is 1. The molecule has 0 heterocycles. The molecule has 0 saturated heterocycles. The van der Waals surface area contributed by atoms with Gasteiger partial charge in [0.1, 0.15) is 0 Å². The van der Waals surface area contributed by atoms with E-state index in [1.165, 1.54) is 0 Å². The molecule has 0 aliphatic carbocycles. The Balaban J connectivity index is 3.10. The second-order valence-corrected chi connectivity index (χ2v) is 4.35. The predicted molar refractivity (Wildman–Crippen MR) is 67.0 cm³/mol. The third-order valence-corrected chi connectivity index (χ3v) is 3.19. The number of aliphatic carboxylic acids is 1. The Kier molecular flexibility index (Phi) is 4.70. The van der Waals surface area contributed by atoms with Crippen LogP contribution in [0.4, 0.5) is 0 Å². The van der Waals surface area contributed by atoms with Gasteiger partial charge in [0.2, 0.25) is 0 Å². The lowest BCUT2D eigenvalue weighted by molar-refractivity contribution is -0.162. The number of hydrogen-bond acceptors (Lipinski definition) is 2. The number of rotatable bonds is 6. The van der Waals surface area contributed by atoms with Crippen LogP contribution in [-0.4, -0.2) is 21.8 Å². The summed E-state index contributed by atoms with van der Waals surface area (Å²) in [5.41, 5.74) is -0.779. The summed E-state index contributed by atoms with van der Waals surface area (Å²) in [7, 11) is 0. The summed E-state index contributed by atoms with van der Waals surface area (Å²) < 4.78 is 0. The third-order valence-electron chi connectivity index (χ3n) is 3.19. The molecule has 0 amide bonds. The van der Waals surface area contributed by atoms with Crippen molar-refractivity contribution in [2.75, 3.05) is 0 Å². The van der Waals surface area contributed by atoms with Crippen molar-refractivity contribution in [3.05, 3.63) is 35.9 Å². The summed E-state index contributed by atoms with van der Waals surface area (Å²) in [6, 6.07) is 9.36. The van der Waals surface area contributed by atoms with Crippen LogP contribution in [0.3, 0.4) is 0 Å². The van der Waals surface area contributed by atoms with E-state index in [1.54, 1.807) is 0 Å². The number of carboxylic acid groups (broad SMARTS) is 1. The van der Waals surface area contributed by atoms with Gasteiger partial charge in [-0.15, -0.1) is 0 Å². The van der Waals surface area contributed by atoms with Gasteiger partial charge in [-0.05, 0) is 18.4 Å². The maximum Gasteiger partial charge on any atom is 0.336 e. The molecule has 0 fully saturated rings. The number of carboxylic acids is 1. The standard InChI is InChI=1S/C14H20O3/c1-3-10-14(17,13(15)16)12(4-2)11-8-6-5-7-9-11/h5-9,12,17H,3-4,10H2,1-2H3,(H,15,16). The van der Waals surface area contributed by atoms with Crippen LogP contribution in [0, 0.1) is 0 Å². The lowest BCUT2D eigenvalue weighted by Crippen LogP contribution is -2.44. The topological polar surface area (TPSA) is 57.5 Å². The zero-order valence-electron chi connectivity index (χ0n) is 10.4. The van der Waals surface area contributed by atoms with Gasteiger partial charge in [0.15, 0.2) is 5.60 Å². The molecule has 3 heteroatoms. The zero-order chi connectivity index (χ0) is 12.9. The van der Waals surface area contributed by atoms with E-state index < -0.39 is 11.6 Å². The van der Waals surface area contributed by atoms with E-state index in [0.29, 0.717) is 12.8 Å². The van der Waals surface area contributed by atoms with E-state index in [0.717, 1.165) is 5.56 Å². The van der Waals surface area contributed by atoms with E-state index in [1.807, 2.05) is 44.2 Å². The third kappa shape index (κ3) is 2.86. The minimum absolute atomic E-state index is 0.274. The summed E-state index contributed by atoms with van der Waals surface area (Å²) in [5.74, 6) is -1.49. The summed E-state index contributed by atoms with van der Waals surface area (Å²) >= 11 is 0. The fraction of sp³-hybridized carbons (Fsp3) is 0.500. The van der Waals surface area contributed by atoms with Crippen molar-refractivity contribution < 1.29 is 15.0 Å². The molecule has 2 unspecified atom stereocenters. The van der Waals surface area contributed by atoms with Gasteiger partial charge < -0.3 is 10.2 Å². The summed E-state index contributed by atoms with van der Waals surface area (Å²) in [5, 5.41) is 19.7. The molecule has 1 aromatic carbocycles. The second-order valence-electron chi connectivity index (χ2n) is 4.35. The molecule has 17 heavy (non-hydrogen) atoms. The Hall–Kier alpha value is -1.35. The van der Waals surface area contributed by atoms with Crippen LogP contribution in [0.2, 0.25) is 0 Å². The summed E-state index contributed by atoms with van der Waals surface area (Å²) in [6.45, 7) is 3.78. The average molecular weight is 236 g/mol. The van der Waals surface area contributed by atoms with Gasteiger partial charge >= 0.3 is 5.97 Å². The summed E-state index contributed by atoms with van der Waals surface area (Å²) in [4.78, 5) is 11.3. The van der Waals surface area contributed by atoms with Crippen molar-refractivity contribution in [1.82, 2.24) is 0 Å².